The lowest BCUT2D eigenvalue weighted by atomic mass is 9.77. The van der Waals surface area contributed by atoms with Crippen molar-refractivity contribution in [3.8, 4) is 0 Å². The molecule has 0 saturated carbocycles. The number of carbonyl (C=O) groups excluding carboxylic acids is 2. The first-order valence-corrected chi connectivity index (χ1v) is 18.3. The predicted octanol–water partition coefficient (Wildman–Crippen LogP) is 5.84. The van der Waals surface area contributed by atoms with Crippen LogP contribution in [-0.2, 0) is 19.0 Å². The normalized spacial score (nSPS) is 35.7. The van der Waals surface area contributed by atoms with Gasteiger partial charge in [0.15, 0.2) is 6.10 Å². The van der Waals surface area contributed by atoms with E-state index in [4.69, 9.17) is 14.2 Å². The van der Waals surface area contributed by atoms with Gasteiger partial charge in [-0.25, -0.2) is 4.79 Å². The number of aliphatic hydroxyl groups is 3. The molecule has 49 heavy (non-hydrogen) atoms. The smallest absolute Gasteiger partial charge is 0.408 e. The van der Waals surface area contributed by atoms with Crippen molar-refractivity contribution in [2.75, 3.05) is 7.05 Å². The number of rotatable bonds is 10. The second-order valence-corrected chi connectivity index (χ2v) is 16.7. The highest BCUT2D eigenvalue weighted by atomic mass is 16.6. The molecule has 0 bridgehead atoms. The minimum atomic E-state index is -1.49. The molecule has 3 rings (SSSR count). The molecule has 0 aromatic rings. The topological polar surface area (TPSA) is 141 Å². The van der Waals surface area contributed by atoms with E-state index in [1.54, 1.807) is 13.0 Å². The van der Waals surface area contributed by atoms with Crippen LogP contribution in [0.2, 0.25) is 0 Å². The number of aliphatic hydroxyl groups excluding tert-OH is 2. The number of hydrogen-bond acceptors (Lipinski definition) is 9. The fraction of sp³-hybridized carbons (Fsp3) is 0.795. The molecule has 3 heterocycles. The van der Waals surface area contributed by atoms with Gasteiger partial charge in [0.1, 0.15) is 11.7 Å². The lowest BCUT2D eigenvalue weighted by molar-refractivity contribution is -0.151. The van der Waals surface area contributed by atoms with Gasteiger partial charge >= 0.3 is 12.1 Å². The highest BCUT2D eigenvalue weighted by Gasteiger charge is 2.46. The van der Waals surface area contributed by atoms with Crippen LogP contribution in [0, 0.1) is 17.8 Å². The van der Waals surface area contributed by atoms with Crippen molar-refractivity contribution < 1.29 is 39.1 Å². The number of hydrogen-bond donors (Lipinski definition) is 4. The van der Waals surface area contributed by atoms with Crippen molar-refractivity contribution in [1.82, 2.24) is 10.2 Å². The Morgan fingerprint density at radius 2 is 1.80 bits per heavy atom. The van der Waals surface area contributed by atoms with Crippen LogP contribution in [0.1, 0.15) is 114 Å². The summed E-state index contributed by atoms with van der Waals surface area (Å²) in [5.74, 6) is -0.483. The zero-order chi connectivity index (χ0) is 36.9. The molecule has 10 unspecified atom stereocenters. The van der Waals surface area contributed by atoms with Crippen LogP contribution in [0.3, 0.4) is 0 Å². The maximum atomic E-state index is 13.3. The zero-order valence-corrected chi connectivity index (χ0v) is 31.9. The number of ether oxygens (including phenoxy) is 3. The number of nitrogens with zero attached hydrogens (tertiary/aromatic N) is 1. The molecule has 280 valence electrons. The number of amides is 1. The van der Waals surface area contributed by atoms with E-state index in [2.05, 4.69) is 58.0 Å². The van der Waals surface area contributed by atoms with Crippen LogP contribution >= 0.6 is 0 Å². The molecular weight excluding hydrogens is 624 g/mol. The van der Waals surface area contributed by atoms with Gasteiger partial charge in [0.2, 0.25) is 0 Å². The number of likely N-dealkylation sites (tertiary alicyclic amines) is 1. The van der Waals surface area contributed by atoms with Crippen LogP contribution in [-0.4, -0.2) is 98.7 Å². The molecule has 10 nitrogen and oxygen atoms in total. The van der Waals surface area contributed by atoms with E-state index in [1.165, 1.54) is 0 Å². The summed E-state index contributed by atoms with van der Waals surface area (Å²) in [6.45, 7) is 20.2. The Morgan fingerprint density at radius 3 is 2.41 bits per heavy atom. The van der Waals surface area contributed by atoms with Crippen molar-refractivity contribution in [2.24, 2.45) is 17.8 Å². The molecule has 0 radical (unpaired) electrons. The Kier molecular flexibility index (Phi) is 14.2. The Hall–Kier alpha value is -2.24. The van der Waals surface area contributed by atoms with Gasteiger partial charge in [0, 0.05) is 29.0 Å². The zero-order valence-electron chi connectivity index (χ0n) is 31.9. The lowest BCUT2D eigenvalue weighted by Gasteiger charge is -2.53. The maximum absolute atomic E-state index is 13.3. The number of esters is 1. The molecular formula is C39H66N2O8. The van der Waals surface area contributed by atoms with Crippen LogP contribution in [0.25, 0.3) is 0 Å². The standard InChI is InChI=1S/C39H66N2O8/c1-12-30(43)27(5)35-31(47-35)20-24(2)14-13-15-25(3)34-26(4)16-17-32(39(10,46)19-18-29(42)21-33(44)49-34)48-36(45)40-28-22-37(6,7)41(11)38(8,9)23-28/h13-17,24,26-32,34-35,42-43,46H,12,18-23H2,1-11H3,(H,40,45)/b14-13+,17-16+,25-15+. The van der Waals surface area contributed by atoms with Gasteiger partial charge in [-0.1, -0.05) is 52.0 Å². The van der Waals surface area contributed by atoms with Crippen molar-refractivity contribution in [3.05, 3.63) is 36.0 Å². The van der Waals surface area contributed by atoms with Crippen LogP contribution < -0.4 is 5.32 Å². The highest BCUT2D eigenvalue weighted by molar-refractivity contribution is 5.70. The Bertz CT molecular complexity index is 1190. The van der Waals surface area contributed by atoms with Crippen LogP contribution in [0.4, 0.5) is 4.79 Å². The Morgan fingerprint density at radius 1 is 1.16 bits per heavy atom. The third-order valence-corrected chi connectivity index (χ3v) is 11.2. The van der Waals surface area contributed by atoms with E-state index in [0.29, 0.717) is 6.42 Å². The molecule has 3 aliphatic rings. The summed E-state index contributed by atoms with van der Waals surface area (Å²) in [4.78, 5) is 28.5. The third kappa shape index (κ3) is 11.6. The predicted molar refractivity (Wildman–Crippen MR) is 192 cm³/mol. The highest BCUT2D eigenvalue weighted by Crippen LogP contribution is 2.38. The van der Waals surface area contributed by atoms with Gasteiger partial charge in [-0.15, -0.1) is 0 Å². The third-order valence-electron chi connectivity index (χ3n) is 11.2. The van der Waals surface area contributed by atoms with Gasteiger partial charge in [-0.05, 0) is 105 Å². The van der Waals surface area contributed by atoms with E-state index in [-0.39, 0.29) is 72.4 Å². The molecule has 3 aliphatic heterocycles. The minimum Gasteiger partial charge on any atom is -0.457 e. The summed E-state index contributed by atoms with van der Waals surface area (Å²) in [5.41, 5.74) is -0.920. The SMILES string of the molecule is CCC(O)C(C)C1OC1CC(C)/C=C/C=C(\C)C1OC(=O)CC(O)CCC(C)(O)C(OC(=O)NC2CC(C)(C)N(C)C(C)(C)C2)/C=C/C1C. The molecule has 10 atom stereocenters. The van der Waals surface area contributed by atoms with E-state index in [0.717, 1.165) is 24.8 Å². The molecule has 1 amide bonds. The van der Waals surface area contributed by atoms with E-state index >= 15 is 0 Å². The van der Waals surface area contributed by atoms with Gasteiger partial charge < -0.3 is 34.8 Å². The Labute approximate surface area is 295 Å². The second-order valence-electron chi connectivity index (χ2n) is 16.7. The molecule has 0 aromatic carbocycles. The summed E-state index contributed by atoms with van der Waals surface area (Å²) >= 11 is 0. The van der Waals surface area contributed by atoms with E-state index in [9.17, 15) is 24.9 Å². The second kappa shape index (κ2) is 16.9. The summed E-state index contributed by atoms with van der Waals surface area (Å²) in [6, 6.07) is -0.0993. The van der Waals surface area contributed by atoms with Crippen LogP contribution in [0.15, 0.2) is 36.0 Å². The van der Waals surface area contributed by atoms with Crippen molar-refractivity contribution in [3.63, 3.8) is 0 Å². The Balaban J connectivity index is 1.73. The van der Waals surface area contributed by atoms with E-state index < -0.39 is 36.0 Å². The van der Waals surface area contributed by atoms with E-state index in [1.807, 2.05) is 45.9 Å². The van der Waals surface area contributed by atoms with Crippen molar-refractivity contribution >= 4 is 12.1 Å². The summed E-state index contributed by atoms with van der Waals surface area (Å²) in [6.07, 6.45) is 9.23. The first-order chi connectivity index (χ1) is 22.7. The van der Waals surface area contributed by atoms with Crippen LogP contribution in [0.5, 0.6) is 0 Å². The van der Waals surface area contributed by atoms with Crippen molar-refractivity contribution in [2.45, 2.75) is 174 Å². The van der Waals surface area contributed by atoms with Crippen molar-refractivity contribution in [1.29, 1.82) is 0 Å². The number of alkyl carbamates (subject to hydrolysis) is 1. The fourth-order valence-corrected chi connectivity index (χ4v) is 7.58. The molecule has 2 saturated heterocycles. The molecule has 0 spiro atoms. The summed E-state index contributed by atoms with van der Waals surface area (Å²) < 4.78 is 17.7. The number of piperidine rings is 1. The fourth-order valence-electron chi connectivity index (χ4n) is 7.58. The average molecular weight is 691 g/mol. The first kappa shape index (κ1) is 41.2. The monoisotopic (exact) mass is 690 g/mol. The lowest BCUT2D eigenvalue weighted by Crippen LogP contribution is -2.62. The molecule has 0 aromatic heterocycles. The number of carbonyl (C=O) groups is 2. The first-order valence-electron chi connectivity index (χ1n) is 18.3. The number of allylic oxidation sites excluding steroid dienone is 3. The number of epoxide rings is 1. The average Bonchev–Trinajstić information content (AvgIpc) is 3.76. The number of cyclic esters (lactones) is 1. The number of nitrogens with one attached hydrogen (secondary N) is 1. The van der Waals surface area contributed by atoms with Gasteiger partial charge in [-0.3, -0.25) is 9.69 Å². The molecule has 4 N–H and O–H groups in total. The van der Waals surface area contributed by atoms with Gasteiger partial charge in [0.25, 0.3) is 0 Å². The minimum absolute atomic E-state index is 0.0925. The summed E-state index contributed by atoms with van der Waals surface area (Å²) in [7, 11) is 2.11. The summed E-state index contributed by atoms with van der Waals surface area (Å²) in [5, 5.41) is 35.4. The van der Waals surface area contributed by atoms with Gasteiger partial charge in [-0.2, -0.15) is 0 Å². The molecule has 10 heteroatoms. The quantitative estimate of drug-likeness (QED) is 0.0964. The maximum Gasteiger partial charge on any atom is 0.408 e. The largest absolute Gasteiger partial charge is 0.457 e. The molecule has 2 fully saturated rings. The van der Waals surface area contributed by atoms with Gasteiger partial charge in [0.05, 0.1) is 30.8 Å². The molecule has 0 aliphatic carbocycles.